The number of rotatable bonds is 5. The fourth-order valence-corrected chi connectivity index (χ4v) is 3.11. The zero-order chi connectivity index (χ0) is 17.6. The molecule has 132 valence electrons. The van der Waals surface area contributed by atoms with Crippen molar-refractivity contribution in [1.82, 2.24) is 5.32 Å². The molecule has 0 saturated carbocycles. The zero-order valence-electron chi connectivity index (χ0n) is 14.6. The number of amides is 1. The number of nitrogens with zero attached hydrogens (tertiary/aromatic N) is 1. The van der Waals surface area contributed by atoms with Crippen LogP contribution in [-0.4, -0.2) is 38.6 Å². The van der Waals surface area contributed by atoms with Crippen LogP contribution in [0.2, 0.25) is 0 Å². The second-order valence-electron chi connectivity index (χ2n) is 6.65. The number of carbonyl (C=O) groups is 1. The molecule has 1 fully saturated rings. The number of anilines is 1. The molecule has 5 heteroatoms. The maximum absolute atomic E-state index is 13.0. The van der Waals surface area contributed by atoms with Gasteiger partial charge in [0, 0.05) is 12.2 Å². The summed E-state index contributed by atoms with van der Waals surface area (Å²) < 4.78 is 13.0. The van der Waals surface area contributed by atoms with E-state index in [-0.39, 0.29) is 11.7 Å². The van der Waals surface area contributed by atoms with Crippen molar-refractivity contribution >= 4 is 11.6 Å². The molecule has 1 amide bonds. The highest BCUT2D eigenvalue weighted by molar-refractivity contribution is 5.76. The van der Waals surface area contributed by atoms with Crippen LogP contribution < -0.4 is 15.1 Å². The van der Waals surface area contributed by atoms with E-state index in [4.69, 9.17) is 0 Å². The van der Waals surface area contributed by atoms with Crippen molar-refractivity contribution in [2.24, 2.45) is 0 Å². The van der Waals surface area contributed by atoms with E-state index in [1.807, 2.05) is 24.3 Å². The minimum Gasteiger partial charge on any atom is -0.360 e. The first-order valence-electron chi connectivity index (χ1n) is 8.76. The predicted molar refractivity (Wildman–Crippen MR) is 97.2 cm³/mol. The van der Waals surface area contributed by atoms with Gasteiger partial charge in [0.05, 0.1) is 26.2 Å². The standard InChI is InChI=1S/C20H24FN3O/c1-16-2-4-17(5-3-16)14-22-20(25)15-23-10-12-24(13-11-23)19-8-6-18(21)7-9-19/h2-9H,10-15H2,1H3,(H,22,25)/p+1. The van der Waals surface area contributed by atoms with Gasteiger partial charge >= 0.3 is 0 Å². The van der Waals surface area contributed by atoms with Gasteiger partial charge < -0.3 is 15.1 Å². The van der Waals surface area contributed by atoms with Gasteiger partial charge in [0.2, 0.25) is 0 Å². The van der Waals surface area contributed by atoms with Crippen LogP contribution in [0.1, 0.15) is 11.1 Å². The van der Waals surface area contributed by atoms with E-state index in [1.54, 1.807) is 0 Å². The van der Waals surface area contributed by atoms with E-state index in [9.17, 15) is 9.18 Å². The number of aryl methyl sites for hydroxylation is 1. The molecule has 3 rings (SSSR count). The van der Waals surface area contributed by atoms with Crippen LogP contribution in [-0.2, 0) is 11.3 Å². The Morgan fingerprint density at radius 3 is 2.36 bits per heavy atom. The number of hydrogen-bond acceptors (Lipinski definition) is 2. The van der Waals surface area contributed by atoms with E-state index in [1.165, 1.54) is 22.6 Å². The first kappa shape index (κ1) is 17.4. The summed E-state index contributed by atoms with van der Waals surface area (Å²) in [5.41, 5.74) is 3.39. The smallest absolute Gasteiger partial charge is 0.275 e. The number of piperazine rings is 1. The Labute approximate surface area is 148 Å². The molecular formula is C20H25FN3O+. The molecule has 0 atom stereocenters. The minimum atomic E-state index is -0.210. The number of carbonyl (C=O) groups excluding carboxylic acids is 1. The maximum Gasteiger partial charge on any atom is 0.275 e. The zero-order valence-corrected chi connectivity index (χ0v) is 14.6. The third-order valence-electron chi connectivity index (χ3n) is 4.68. The molecule has 0 bridgehead atoms. The highest BCUT2D eigenvalue weighted by Gasteiger charge is 2.22. The molecule has 0 aliphatic carbocycles. The fourth-order valence-electron chi connectivity index (χ4n) is 3.11. The Morgan fingerprint density at radius 1 is 1.08 bits per heavy atom. The van der Waals surface area contributed by atoms with Crippen LogP contribution in [0.25, 0.3) is 0 Å². The van der Waals surface area contributed by atoms with Crippen molar-refractivity contribution in [3.8, 4) is 0 Å². The normalized spacial score (nSPS) is 15.2. The van der Waals surface area contributed by atoms with Crippen LogP contribution in [0, 0.1) is 12.7 Å². The van der Waals surface area contributed by atoms with Crippen molar-refractivity contribution < 1.29 is 14.1 Å². The Morgan fingerprint density at radius 2 is 1.72 bits per heavy atom. The molecule has 1 heterocycles. The lowest BCUT2D eigenvalue weighted by atomic mass is 10.1. The van der Waals surface area contributed by atoms with E-state index >= 15 is 0 Å². The second kappa shape index (κ2) is 8.12. The van der Waals surface area contributed by atoms with Crippen molar-refractivity contribution in [1.29, 1.82) is 0 Å². The summed E-state index contributed by atoms with van der Waals surface area (Å²) in [7, 11) is 0. The second-order valence-corrected chi connectivity index (χ2v) is 6.65. The SMILES string of the molecule is Cc1ccc(CNC(=O)C[NH+]2CCN(c3ccc(F)cc3)CC2)cc1. The monoisotopic (exact) mass is 342 g/mol. The highest BCUT2D eigenvalue weighted by atomic mass is 19.1. The van der Waals surface area contributed by atoms with E-state index in [0.29, 0.717) is 13.1 Å². The highest BCUT2D eigenvalue weighted by Crippen LogP contribution is 2.14. The van der Waals surface area contributed by atoms with Gasteiger partial charge in [0.1, 0.15) is 5.82 Å². The van der Waals surface area contributed by atoms with Gasteiger partial charge in [0.25, 0.3) is 5.91 Å². The largest absolute Gasteiger partial charge is 0.360 e. The van der Waals surface area contributed by atoms with Crippen molar-refractivity contribution in [3.05, 3.63) is 65.5 Å². The average Bonchev–Trinajstić information content (AvgIpc) is 2.63. The van der Waals surface area contributed by atoms with E-state index in [0.717, 1.165) is 37.4 Å². The molecule has 2 aromatic carbocycles. The van der Waals surface area contributed by atoms with Crippen molar-refractivity contribution in [2.45, 2.75) is 13.5 Å². The Hall–Kier alpha value is -2.40. The number of benzene rings is 2. The van der Waals surface area contributed by atoms with Gasteiger partial charge in [-0.15, -0.1) is 0 Å². The molecule has 2 aromatic rings. The summed E-state index contributed by atoms with van der Waals surface area (Å²) in [5, 5.41) is 3.00. The van der Waals surface area contributed by atoms with Crippen LogP contribution in [0.5, 0.6) is 0 Å². The third-order valence-corrected chi connectivity index (χ3v) is 4.68. The van der Waals surface area contributed by atoms with Gasteiger partial charge in [-0.1, -0.05) is 29.8 Å². The molecular weight excluding hydrogens is 317 g/mol. The first-order valence-corrected chi connectivity index (χ1v) is 8.76. The average molecular weight is 342 g/mol. The van der Waals surface area contributed by atoms with Gasteiger partial charge in [-0.3, -0.25) is 4.79 Å². The van der Waals surface area contributed by atoms with E-state index < -0.39 is 0 Å². The Bertz CT molecular complexity index is 692. The molecule has 1 aliphatic heterocycles. The molecule has 1 saturated heterocycles. The van der Waals surface area contributed by atoms with Crippen molar-refractivity contribution in [3.63, 3.8) is 0 Å². The van der Waals surface area contributed by atoms with Gasteiger partial charge in [-0.2, -0.15) is 0 Å². The van der Waals surface area contributed by atoms with Crippen LogP contribution in [0.15, 0.2) is 48.5 Å². The predicted octanol–water partition coefficient (Wildman–Crippen LogP) is 1.16. The molecule has 2 N–H and O–H groups in total. The minimum absolute atomic E-state index is 0.0887. The molecule has 0 unspecified atom stereocenters. The lowest BCUT2D eigenvalue weighted by Gasteiger charge is -2.33. The Kier molecular flexibility index (Phi) is 5.66. The first-order chi connectivity index (χ1) is 12.1. The summed E-state index contributed by atoms with van der Waals surface area (Å²) in [6, 6.07) is 14.8. The molecule has 0 spiro atoms. The lowest BCUT2D eigenvalue weighted by Crippen LogP contribution is -3.15. The Balaban J connectivity index is 1.41. The fraction of sp³-hybridized carbons (Fsp3) is 0.350. The van der Waals surface area contributed by atoms with Gasteiger partial charge in [-0.05, 0) is 36.8 Å². The molecule has 0 radical (unpaired) electrons. The maximum atomic E-state index is 13.0. The summed E-state index contributed by atoms with van der Waals surface area (Å²) in [4.78, 5) is 15.7. The van der Waals surface area contributed by atoms with Crippen LogP contribution >= 0.6 is 0 Å². The number of nitrogens with one attached hydrogen (secondary N) is 2. The quantitative estimate of drug-likeness (QED) is 0.855. The number of halogens is 1. The molecule has 4 nitrogen and oxygen atoms in total. The van der Waals surface area contributed by atoms with Gasteiger partial charge in [-0.25, -0.2) is 4.39 Å². The van der Waals surface area contributed by atoms with Crippen molar-refractivity contribution in [2.75, 3.05) is 37.6 Å². The number of hydrogen-bond donors (Lipinski definition) is 2. The van der Waals surface area contributed by atoms with Gasteiger partial charge in [0.15, 0.2) is 6.54 Å². The summed E-state index contributed by atoms with van der Waals surface area (Å²) >= 11 is 0. The van der Waals surface area contributed by atoms with Crippen LogP contribution in [0.4, 0.5) is 10.1 Å². The molecule has 1 aliphatic rings. The van der Waals surface area contributed by atoms with E-state index in [2.05, 4.69) is 29.3 Å². The molecule has 25 heavy (non-hydrogen) atoms. The lowest BCUT2D eigenvalue weighted by molar-refractivity contribution is -0.892. The molecule has 0 aromatic heterocycles. The summed E-state index contributed by atoms with van der Waals surface area (Å²) in [6.45, 7) is 6.72. The summed E-state index contributed by atoms with van der Waals surface area (Å²) in [5.74, 6) is -0.121. The third kappa shape index (κ3) is 5.03. The summed E-state index contributed by atoms with van der Waals surface area (Å²) in [6.07, 6.45) is 0. The topological polar surface area (TPSA) is 36.8 Å². The van der Waals surface area contributed by atoms with Crippen LogP contribution in [0.3, 0.4) is 0 Å². The number of quaternary nitrogens is 1.